The fraction of sp³-hybridized carbons (Fsp3) is 0.708. The Balaban J connectivity index is 1.12. The van der Waals surface area contributed by atoms with Gasteiger partial charge in [0.05, 0.1) is 0 Å². The molecule has 6 rings (SSSR count). The number of amides is 1. The van der Waals surface area contributed by atoms with E-state index in [4.69, 9.17) is 4.74 Å². The molecule has 4 heteroatoms. The van der Waals surface area contributed by atoms with Crippen molar-refractivity contribution < 1.29 is 9.53 Å². The van der Waals surface area contributed by atoms with Gasteiger partial charge in [-0.25, -0.2) is 4.79 Å². The number of carbonyl (C=O) groups excluding carboxylic acids is 1. The first kappa shape index (κ1) is 17.3. The number of fused-ring (bicyclic) bond motifs is 3. The zero-order valence-corrected chi connectivity index (χ0v) is 17.0. The predicted molar refractivity (Wildman–Crippen MR) is 108 cm³/mol. The fourth-order valence-corrected chi connectivity index (χ4v) is 7.48. The van der Waals surface area contributed by atoms with Crippen molar-refractivity contribution in [1.29, 1.82) is 0 Å². The highest BCUT2D eigenvalue weighted by Crippen LogP contribution is 2.72. The van der Waals surface area contributed by atoms with E-state index >= 15 is 0 Å². The summed E-state index contributed by atoms with van der Waals surface area (Å²) in [5.74, 6) is 2.09. The number of benzene rings is 1. The van der Waals surface area contributed by atoms with Crippen molar-refractivity contribution in [2.75, 3.05) is 19.6 Å². The van der Waals surface area contributed by atoms with Gasteiger partial charge in [0.2, 0.25) is 0 Å². The van der Waals surface area contributed by atoms with Gasteiger partial charge in [-0.05, 0) is 72.8 Å². The zero-order chi connectivity index (χ0) is 18.9. The van der Waals surface area contributed by atoms with Crippen LogP contribution in [0.4, 0.5) is 4.79 Å². The molecular weight excluding hydrogens is 348 g/mol. The summed E-state index contributed by atoms with van der Waals surface area (Å²) in [5, 5.41) is 3.61. The average Bonchev–Trinajstić information content (AvgIpc) is 3.26. The summed E-state index contributed by atoms with van der Waals surface area (Å²) >= 11 is 0. The van der Waals surface area contributed by atoms with Gasteiger partial charge < -0.3 is 15.0 Å². The number of nitrogens with one attached hydrogen (secondary N) is 1. The molecule has 1 amide bonds. The number of likely N-dealkylation sites (tertiary alicyclic amines) is 1. The first-order chi connectivity index (χ1) is 13.6. The van der Waals surface area contributed by atoms with Gasteiger partial charge in [0, 0.05) is 31.6 Å². The number of carbonyl (C=O) groups is 1. The van der Waals surface area contributed by atoms with E-state index in [0.29, 0.717) is 17.3 Å². The smallest absolute Gasteiger partial charge is 0.410 e. The van der Waals surface area contributed by atoms with Gasteiger partial charge in [0.25, 0.3) is 0 Å². The van der Waals surface area contributed by atoms with Gasteiger partial charge in [-0.1, -0.05) is 31.2 Å². The molecule has 1 aromatic rings. The molecular formula is C24H32N2O2. The number of nitrogens with zero attached hydrogens (tertiary/aromatic N) is 1. The Morgan fingerprint density at radius 2 is 2.00 bits per heavy atom. The van der Waals surface area contributed by atoms with Crippen LogP contribution >= 0.6 is 0 Å². The molecule has 1 N–H and O–H groups in total. The van der Waals surface area contributed by atoms with E-state index in [9.17, 15) is 4.79 Å². The number of ether oxygens (including phenoxy) is 1. The first-order valence-electron chi connectivity index (χ1n) is 11.3. The lowest BCUT2D eigenvalue weighted by atomic mass is 9.69. The minimum absolute atomic E-state index is 0.0553. The van der Waals surface area contributed by atoms with E-state index in [-0.39, 0.29) is 17.6 Å². The highest BCUT2D eigenvalue weighted by Gasteiger charge is 2.65. The maximum atomic E-state index is 13.0. The second-order valence-corrected chi connectivity index (χ2v) is 10.5. The third kappa shape index (κ3) is 2.49. The fourth-order valence-electron chi connectivity index (χ4n) is 7.48. The molecule has 0 radical (unpaired) electrons. The van der Waals surface area contributed by atoms with Crippen LogP contribution in [0.1, 0.15) is 56.6 Å². The van der Waals surface area contributed by atoms with Crippen molar-refractivity contribution >= 4 is 6.09 Å². The van der Waals surface area contributed by atoms with E-state index in [1.807, 2.05) is 4.90 Å². The van der Waals surface area contributed by atoms with Gasteiger partial charge in [0.15, 0.2) is 0 Å². The number of hydrogen-bond donors (Lipinski definition) is 1. The monoisotopic (exact) mass is 380 g/mol. The Kier molecular flexibility index (Phi) is 3.70. The van der Waals surface area contributed by atoms with E-state index < -0.39 is 0 Å². The number of hydrogen-bond acceptors (Lipinski definition) is 3. The summed E-state index contributed by atoms with van der Waals surface area (Å²) in [5.41, 5.74) is 3.77. The van der Waals surface area contributed by atoms with Crippen molar-refractivity contribution in [2.45, 2.75) is 63.5 Å². The van der Waals surface area contributed by atoms with Crippen molar-refractivity contribution in [3.8, 4) is 0 Å². The maximum absolute atomic E-state index is 13.0. The third-order valence-electron chi connectivity index (χ3n) is 8.95. The second kappa shape index (κ2) is 5.98. The van der Waals surface area contributed by atoms with Crippen molar-refractivity contribution in [1.82, 2.24) is 10.2 Å². The van der Waals surface area contributed by atoms with E-state index in [1.54, 1.807) is 0 Å². The Morgan fingerprint density at radius 3 is 2.86 bits per heavy atom. The first-order valence-corrected chi connectivity index (χ1v) is 11.3. The molecule has 28 heavy (non-hydrogen) atoms. The Bertz CT molecular complexity index is 800. The van der Waals surface area contributed by atoms with Crippen LogP contribution < -0.4 is 5.32 Å². The number of rotatable bonds is 1. The minimum Gasteiger partial charge on any atom is -0.446 e. The normalized spacial score (nSPS) is 40.0. The highest BCUT2D eigenvalue weighted by atomic mass is 16.6. The molecule has 1 saturated heterocycles. The molecule has 3 aliphatic carbocycles. The molecule has 1 aromatic carbocycles. The third-order valence-corrected chi connectivity index (χ3v) is 8.95. The van der Waals surface area contributed by atoms with E-state index in [1.165, 1.54) is 36.8 Å². The van der Waals surface area contributed by atoms with Crippen LogP contribution in [-0.2, 0) is 16.7 Å². The molecule has 4 fully saturated rings. The molecule has 150 valence electrons. The predicted octanol–water partition coefficient (Wildman–Crippen LogP) is 4.08. The molecule has 2 spiro atoms. The lowest BCUT2D eigenvalue weighted by Gasteiger charge is -2.46. The standard InChI is InChI=1S/C24H32N2O2/c1-16-11-24-12-18(10-19(24)13-24)21(16)28-22(27)26-8-6-23(7-9-26)15-25-14-17-4-2-3-5-20(17)23/h2-5,16,18-19,21,25H,6-15H2,1H3. The summed E-state index contributed by atoms with van der Waals surface area (Å²) in [6.07, 6.45) is 7.48. The number of piperidine rings is 1. The summed E-state index contributed by atoms with van der Waals surface area (Å²) in [6, 6.07) is 8.84. The van der Waals surface area contributed by atoms with Crippen LogP contribution in [0.5, 0.6) is 0 Å². The van der Waals surface area contributed by atoms with Crippen LogP contribution in [0.25, 0.3) is 0 Å². The lowest BCUT2D eigenvalue weighted by Crippen LogP contribution is -2.52. The lowest BCUT2D eigenvalue weighted by molar-refractivity contribution is -0.0239. The van der Waals surface area contributed by atoms with Crippen molar-refractivity contribution in [2.24, 2.45) is 23.2 Å². The molecule has 2 heterocycles. The maximum Gasteiger partial charge on any atom is 0.410 e. The molecule has 4 nitrogen and oxygen atoms in total. The molecule has 5 aliphatic rings. The van der Waals surface area contributed by atoms with Crippen LogP contribution in [0.2, 0.25) is 0 Å². The second-order valence-electron chi connectivity index (χ2n) is 10.5. The largest absolute Gasteiger partial charge is 0.446 e. The Hall–Kier alpha value is -1.55. The summed E-state index contributed by atoms with van der Waals surface area (Å²) in [7, 11) is 0. The van der Waals surface area contributed by atoms with Gasteiger partial charge in [0.1, 0.15) is 6.10 Å². The van der Waals surface area contributed by atoms with Gasteiger partial charge in [-0.15, -0.1) is 0 Å². The summed E-state index contributed by atoms with van der Waals surface area (Å²) in [6.45, 7) is 5.92. The molecule has 3 saturated carbocycles. The quantitative estimate of drug-likeness (QED) is 0.798. The molecule has 0 aromatic heterocycles. The topological polar surface area (TPSA) is 41.6 Å². The average molecular weight is 381 g/mol. The SMILES string of the molecule is CC1CC23CC(CC2C3)C1OC(=O)N1CCC2(CC1)CNCc1ccccc12. The van der Waals surface area contributed by atoms with Crippen LogP contribution in [0.15, 0.2) is 24.3 Å². The Morgan fingerprint density at radius 1 is 1.18 bits per heavy atom. The van der Waals surface area contributed by atoms with Crippen molar-refractivity contribution in [3.05, 3.63) is 35.4 Å². The Labute approximate surface area is 168 Å². The molecule has 5 unspecified atom stereocenters. The minimum atomic E-state index is -0.0553. The van der Waals surface area contributed by atoms with Gasteiger partial charge >= 0.3 is 6.09 Å². The van der Waals surface area contributed by atoms with E-state index in [2.05, 4.69) is 36.5 Å². The van der Waals surface area contributed by atoms with E-state index in [0.717, 1.165) is 44.9 Å². The van der Waals surface area contributed by atoms with Crippen LogP contribution in [0, 0.1) is 23.2 Å². The molecule has 2 bridgehead atoms. The van der Waals surface area contributed by atoms with Gasteiger partial charge in [-0.2, -0.15) is 0 Å². The summed E-state index contributed by atoms with van der Waals surface area (Å²) < 4.78 is 6.16. The molecule has 2 aliphatic heterocycles. The van der Waals surface area contributed by atoms with Crippen LogP contribution in [-0.4, -0.2) is 36.7 Å². The highest BCUT2D eigenvalue weighted by molar-refractivity contribution is 5.68. The van der Waals surface area contributed by atoms with Crippen LogP contribution in [0.3, 0.4) is 0 Å². The zero-order valence-electron chi connectivity index (χ0n) is 17.0. The van der Waals surface area contributed by atoms with Gasteiger partial charge in [-0.3, -0.25) is 0 Å². The summed E-state index contributed by atoms with van der Waals surface area (Å²) in [4.78, 5) is 15.0. The van der Waals surface area contributed by atoms with Crippen molar-refractivity contribution in [3.63, 3.8) is 0 Å². The molecule has 5 atom stereocenters.